The lowest BCUT2D eigenvalue weighted by atomic mass is 9.73. The van der Waals surface area contributed by atoms with Gasteiger partial charge in [0, 0.05) is 39.1 Å². The lowest BCUT2D eigenvalue weighted by Gasteiger charge is -2.29. The minimum absolute atomic E-state index is 0.120. The lowest BCUT2D eigenvalue weighted by Crippen LogP contribution is -2.24. The Hall–Kier alpha value is -5.73. The van der Waals surface area contributed by atoms with E-state index in [-0.39, 0.29) is 10.8 Å². The van der Waals surface area contributed by atoms with E-state index < -0.39 is 0 Å². The van der Waals surface area contributed by atoms with E-state index in [4.69, 9.17) is 4.98 Å². The van der Waals surface area contributed by atoms with E-state index in [1.807, 2.05) is 12.3 Å². The van der Waals surface area contributed by atoms with Gasteiger partial charge in [-0.3, -0.25) is 4.98 Å². The third-order valence-electron chi connectivity index (χ3n) is 11.5. The molecule has 0 amide bonds. The highest BCUT2D eigenvalue weighted by Crippen LogP contribution is 2.60. The van der Waals surface area contributed by atoms with E-state index in [0.29, 0.717) is 0 Å². The van der Waals surface area contributed by atoms with Crippen LogP contribution in [0, 0.1) is 0 Å². The molecule has 8 aromatic rings. The zero-order chi connectivity index (χ0) is 32.9. The summed E-state index contributed by atoms with van der Waals surface area (Å²) in [6.07, 6.45) is 2.81. The van der Waals surface area contributed by atoms with Crippen molar-refractivity contribution in [3.05, 3.63) is 180 Å². The van der Waals surface area contributed by atoms with Crippen molar-refractivity contribution >= 4 is 21.8 Å². The highest BCUT2D eigenvalue weighted by Gasteiger charge is 2.46. The van der Waals surface area contributed by atoms with Gasteiger partial charge >= 0.3 is 0 Å². The number of nitrogens with zero attached hydrogens (tertiary/aromatic N) is 2. The molecule has 0 fully saturated rings. The van der Waals surface area contributed by atoms with Crippen LogP contribution < -0.4 is 0 Å². The van der Waals surface area contributed by atoms with Crippen molar-refractivity contribution in [2.45, 2.75) is 38.0 Å². The summed E-state index contributed by atoms with van der Waals surface area (Å²) < 4.78 is 2.46. The van der Waals surface area contributed by atoms with Crippen molar-refractivity contribution in [3.63, 3.8) is 0 Å². The van der Waals surface area contributed by atoms with Crippen molar-refractivity contribution in [2.24, 2.45) is 0 Å². The van der Waals surface area contributed by atoms with Gasteiger partial charge in [0.2, 0.25) is 0 Å². The van der Waals surface area contributed by atoms with Gasteiger partial charge in [0.1, 0.15) is 0 Å². The second kappa shape index (κ2) is 10.1. The molecule has 10 rings (SSSR count). The first-order valence-electron chi connectivity index (χ1n) is 17.4. The Bertz CT molecular complexity index is 2590. The van der Waals surface area contributed by atoms with Gasteiger partial charge in [-0.1, -0.05) is 118 Å². The summed E-state index contributed by atoms with van der Waals surface area (Å²) in [5.41, 5.74) is 18.0. The van der Waals surface area contributed by atoms with Gasteiger partial charge in [-0.15, -0.1) is 0 Å². The van der Waals surface area contributed by atoms with Crippen LogP contribution in [0.25, 0.3) is 61.0 Å². The SMILES string of the molecule is CC1(C)c2ccccc2-c2ccc3c(c21)-c1cc2c(cc1C3(C)Cc1ccccc1)c1cc(-c3ccccn3)ccc1n2-c1ccccc1. The molecule has 2 aromatic heterocycles. The van der Waals surface area contributed by atoms with Crippen LogP contribution in [0.5, 0.6) is 0 Å². The molecular formula is C47H36N2. The standard InChI is InChI=1S/C47H36N2/c1-46(2)38-19-11-10-18-33(38)34-22-23-39-44(45(34)46)37-28-43-36(27-40(37)47(39,3)29-30-14-6-4-7-15-30)35-26-31(41-20-12-13-25-48-41)21-24-42(35)49(43)32-16-8-5-9-17-32/h4-28H,29H2,1-3H3. The molecule has 2 heteroatoms. The highest BCUT2D eigenvalue weighted by molar-refractivity contribution is 6.13. The molecule has 0 aliphatic heterocycles. The summed E-state index contributed by atoms with van der Waals surface area (Å²) in [6, 6.07) is 53.8. The maximum absolute atomic E-state index is 4.71. The number of hydrogen-bond acceptors (Lipinski definition) is 1. The molecule has 0 saturated heterocycles. The molecule has 49 heavy (non-hydrogen) atoms. The van der Waals surface area contributed by atoms with Crippen LogP contribution in [-0.2, 0) is 17.3 Å². The summed E-state index contributed by atoms with van der Waals surface area (Å²) in [4.78, 5) is 4.71. The Kier molecular flexibility index (Phi) is 5.85. The fourth-order valence-corrected chi connectivity index (χ4v) is 9.23. The van der Waals surface area contributed by atoms with Gasteiger partial charge in [0.05, 0.1) is 16.7 Å². The highest BCUT2D eigenvalue weighted by atomic mass is 15.0. The molecular weight excluding hydrogens is 593 g/mol. The number of fused-ring (bicyclic) bond motifs is 10. The largest absolute Gasteiger partial charge is 0.309 e. The van der Waals surface area contributed by atoms with Gasteiger partial charge < -0.3 is 4.57 Å². The number of para-hydroxylation sites is 1. The maximum atomic E-state index is 4.71. The second-order valence-corrected chi connectivity index (χ2v) is 14.6. The molecule has 0 saturated carbocycles. The minimum atomic E-state index is -0.208. The Morgan fingerprint density at radius 3 is 2.08 bits per heavy atom. The number of benzene rings is 6. The number of aromatic nitrogens is 2. The van der Waals surface area contributed by atoms with Crippen LogP contribution in [0.2, 0.25) is 0 Å². The van der Waals surface area contributed by atoms with Crippen LogP contribution in [-0.4, -0.2) is 9.55 Å². The summed E-state index contributed by atoms with van der Waals surface area (Å²) in [5, 5.41) is 2.53. The Balaban J connectivity index is 1.32. The predicted molar refractivity (Wildman–Crippen MR) is 204 cm³/mol. The quantitative estimate of drug-likeness (QED) is 0.190. The molecule has 1 unspecified atom stereocenters. The molecule has 0 N–H and O–H groups in total. The number of hydrogen-bond donors (Lipinski definition) is 0. The van der Waals surface area contributed by atoms with E-state index in [9.17, 15) is 0 Å². The smallest absolute Gasteiger partial charge is 0.0702 e. The summed E-state index contributed by atoms with van der Waals surface area (Å²) in [5.74, 6) is 0. The van der Waals surface area contributed by atoms with Crippen molar-refractivity contribution in [1.29, 1.82) is 0 Å². The third kappa shape index (κ3) is 3.92. The molecule has 0 radical (unpaired) electrons. The van der Waals surface area contributed by atoms with Crippen LogP contribution in [0.4, 0.5) is 0 Å². The average Bonchev–Trinajstić information content (AvgIpc) is 3.68. The third-order valence-corrected chi connectivity index (χ3v) is 11.5. The van der Waals surface area contributed by atoms with E-state index in [0.717, 1.165) is 17.7 Å². The van der Waals surface area contributed by atoms with Gasteiger partial charge in [0.25, 0.3) is 0 Å². The Labute approximate surface area is 287 Å². The summed E-state index contributed by atoms with van der Waals surface area (Å²) in [7, 11) is 0. The van der Waals surface area contributed by atoms with Gasteiger partial charge in [-0.2, -0.15) is 0 Å². The normalized spacial score (nSPS) is 16.8. The minimum Gasteiger partial charge on any atom is -0.309 e. The van der Waals surface area contributed by atoms with E-state index >= 15 is 0 Å². The molecule has 0 spiro atoms. The molecule has 2 heterocycles. The van der Waals surface area contributed by atoms with Crippen molar-refractivity contribution < 1.29 is 0 Å². The molecule has 2 nitrogen and oxygen atoms in total. The summed E-state index contributed by atoms with van der Waals surface area (Å²) in [6.45, 7) is 7.32. The molecule has 6 aromatic carbocycles. The van der Waals surface area contributed by atoms with Crippen LogP contribution >= 0.6 is 0 Å². The second-order valence-electron chi connectivity index (χ2n) is 14.6. The average molecular weight is 629 g/mol. The number of pyridine rings is 1. The van der Waals surface area contributed by atoms with E-state index in [2.05, 4.69) is 165 Å². The van der Waals surface area contributed by atoms with E-state index in [1.165, 1.54) is 77.6 Å². The van der Waals surface area contributed by atoms with Crippen LogP contribution in [0.1, 0.15) is 48.6 Å². The number of rotatable bonds is 4. The van der Waals surface area contributed by atoms with Gasteiger partial charge in [0.15, 0.2) is 0 Å². The Morgan fingerprint density at radius 1 is 0.551 bits per heavy atom. The first kappa shape index (κ1) is 28.3. The maximum Gasteiger partial charge on any atom is 0.0702 e. The molecule has 2 aliphatic carbocycles. The molecule has 0 bridgehead atoms. The topological polar surface area (TPSA) is 17.8 Å². The monoisotopic (exact) mass is 628 g/mol. The van der Waals surface area contributed by atoms with Crippen molar-refractivity contribution in [1.82, 2.24) is 9.55 Å². The van der Waals surface area contributed by atoms with Gasteiger partial charge in [-0.25, -0.2) is 0 Å². The zero-order valence-corrected chi connectivity index (χ0v) is 28.0. The van der Waals surface area contributed by atoms with Gasteiger partial charge in [-0.05, 0) is 105 Å². The fourth-order valence-electron chi connectivity index (χ4n) is 9.23. The molecule has 234 valence electrons. The first-order valence-corrected chi connectivity index (χ1v) is 17.4. The van der Waals surface area contributed by atoms with Crippen LogP contribution in [0.15, 0.2) is 152 Å². The lowest BCUT2D eigenvalue weighted by molar-refractivity contribution is 0.582. The summed E-state index contributed by atoms with van der Waals surface area (Å²) >= 11 is 0. The van der Waals surface area contributed by atoms with Crippen molar-refractivity contribution in [2.75, 3.05) is 0 Å². The van der Waals surface area contributed by atoms with Crippen LogP contribution in [0.3, 0.4) is 0 Å². The molecule has 2 aliphatic rings. The Morgan fingerprint density at radius 2 is 1.29 bits per heavy atom. The predicted octanol–water partition coefficient (Wildman–Crippen LogP) is 11.7. The first-order chi connectivity index (χ1) is 23.9. The van der Waals surface area contributed by atoms with E-state index in [1.54, 1.807) is 0 Å². The van der Waals surface area contributed by atoms with Crippen molar-refractivity contribution in [3.8, 4) is 39.2 Å². The fraction of sp³-hybridized carbons (Fsp3) is 0.128. The molecule has 1 atom stereocenters. The zero-order valence-electron chi connectivity index (χ0n) is 28.0.